The quantitative estimate of drug-likeness (QED) is 0.761. The molecule has 1 saturated heterocycles. The number of benzene rings is 2. The number of carbonyl (C=O) groups is 2. The Morgan fingerprint density at radius 3 is 2.29 bits per heavy atom. The lowest BCUT2D eigenvalue weighted by atomic mass is 10.1. The van der Waals surface area contributed by atoms with Crippen molar-refractivity contribution in [1.82, 2.24) is 10.2 Å². The molecule has 0 bridgehead atoms. The smallest absolute Gasteiger partial charge is 0.317 e. The fraction of sp³-hybridized carbons (Fsp3) is 0.417. The summed E-state index contributed by atoms with van der Waals surface area (Å²) in [5.74, 6) is 1.56. The van der Waals surface area contributed by atoms with Gasteiger partial charge in [0.05, 0.1) is 19.3 Å². The largest absolute Gasteiger partial charge is 0.490 e. The van der Waals surface area contributed by atoms with E-state index in [1.807, 2.05) is 54.3 Å². The summed E-state index contributed by atoms with van der Waals surface area (Å²) in [5, 5.41) is 3.10. The Labute approximate surface area is 182 Å². The first-order chi connectivity index (χ1) is 15.0. The highest BCUT2D eigenvalue weighted by Crippen LogP contribution is 2.32. The third-order valence-electron chi connectivity index (χ3n) is 5.82. The molecular weight excluding hydrogens is 394 g/mol. The predicted octanol–water partition coefficient (Wildman–Crippen LogP) is 3.64. The maximum Gasteiger partial charge on any atom is 0.317 e. The van der Waals surface area contributed by atoms with Crippen molar-refractivity contribution in [2.75, 3.05) is 44.3 Å². The fourth-order valence-corrected chi connectivity index (χ4v) is 3.88. The Morgan fingerprint density at radius 1 is 0.935 bits per heavy atom. The third kappa shape index (κ3) is 4.93. The van der Waals surface area contributed by atoms with Gasteiger partial charge in [0.1, 0.15) is 0 Å². The van der Waals surface area contributed by atoms with Gasteiger partial charge in [0.15, 0.2) is 17.3 Å². The molecule has 31 heavy (non-hydrogen) atoms. The molecule has 1 fully saturated rings. The number of urea groups is 1. The van der Waals surface area contributed by atoms with Crippen LogP contribution in [0.25, 0.3) is 0 Å². The first-order valence-corrected chi connectivity index (χ1v) is 10.8. The highest BCUT2D eigenvalue weighted by Gasteiger charge is 2.23. The molecule has 1 atom stereocenters. The zero-order valence-corrected chi connectivity index (χ0v) is 18.1. The topological polar surface area (TPSA) is 71.1 Å². The molecule has 164 valence electrons. The maximum atomic E-state index is 12.8. The molecular formula is C24H29N3O4. The first kappa shape index (κ1) is 21.0. The summed E-state index contributed by atoms with van der Waals surface area (Å²) in [7, 11) is 0. The lowest BCUT2D eigenvalue weighted by Crippen LogP contribution is -2.52. The molecule has 1 unspecified atom stereocenters. The zero-order valence-electron chi connectivity index (χ0n) is 18.1. The average molecular weight is 424 g/mol. The summed E-state index contributed by atoms with van der Waals surface area (Å²) in [5.41, 5.74) is 2.78. The second kappa shape index (κ2) is 9.29. The normalized spacial score (nSPS) is 17.0. The van der Waals surface area contributed by atoms with Crippen molar-refractivity contribution >= 4 is 17.5 Å². The second-order valence-electron chi connectivity index (χ2n) is 8.00. The summed E-state index contributed by atoms with van der Waals surface area (Å²) in [4.78, 5) is 28.3. The van der Waals surface area contributed by atoms with Gasteiger partial charge in [-0.2, -0.15) is 0 Å². The van der Waals surface area contributed by atoms with Gasteiger partial charge in [-0.05, 0) is 55.8 Å². The van der Waals surface area contributed by atoms with Gasteiger partial charge in [-0.25, -0.2) is 4.79 Å². The van der Waals surface area contributed by atoms with E-state index in [-0.39, 0.29) is 17.9 Å². The lowest BCUT2D eigenvalue weighted by molar-refractivity contribution is 0.101. The van der Waals surface area contributed by atoms with E-state index in [0.29, 0.717) is 31.9 Å². The summed E-state index contributed by atoms with van der Waals surface area (Å²) in [6, 6.07) is 13.3. The number of nitrogens with one attached hydrogen (secondary N) is 1. The van der Waals surface area contributed by atoms with E-state index >= 15 is 0 Å². The van der Waals surface area contributed by atoms with Crippen molar-refractivity contribution in [3.05, 3.63) is 53.6 Å². The van der Waals surface area contributed by atoms with Crippen LogP contribution in [-0.4, -0.2) is 56.1 Å². The number of rotatable bonds is 4. The molecule has 0 radical (unpaired) electrons. The van der Waals surface area contributed by atoms with Crippen LogP contribution in [0.15, 0.2) is 42.5 Å². The monoisotopic (exact) mass is 423 g/mol. The van der Waals surface area contributed by atoms with Crippen LogP contribution in [-0.2, 0) is 0 Å². The molecule has 1 N–H and O–H groups in total. The van der Waals surface area contributed by atoms with Gasteiger partial charge in [-0.15, -0.1) is 0 Å². The Balaban J connectivity index is 1.31. The molecule has 0 spiro atoms. The number of nitrogens with zero attached hydrogens (tertiary/aromatic N) is 2. The number of ketones is 1. The average Bonchev–Trinajstić information content (AvgIpc) is 3.04. The summed E-state index contributed by atoms with van der Waals surface area (Å²) < 4.78 is 11.4. The molecule has 7 heteroatoms. The SMILES string of the molecule is CC(=O)c1ccc(N2CCN(C(=O)NC(C)c3ccc4c(c3)OCCCO4)CC2)cc1. The minimum absolute atomic E-state index is 0.0637. The molecule has 2 aromatic rings. The molecule has 2 aliphatic heterocycles. The number of anilines is 1. The standard InChI is InChI=1S/C24H29N3O4/c1-17(20-6-9-22-23(16-20)31-15-3-14-30-22)25-24(29)27-12-10-26(11-13-27)21-7-4-19(5-8-21)18(2)28/h4-9,16-17H,3,10-15H2,1-2H3,(H,25,29). The number of carbonyl (C=O) groups excluding carboxylic acids is 2. The molecule has 2 heterocycles. The van der Waals surface area contributed by atoms with Crippen molar-refractivity contribution in [3.63, 3.8) is 0 Å². The summed E-state index contributed by atoms with van der Waals surface area (Å²) in [6.45, 7) is 7.65. The van der Waals surface area contributed by atoms with Gasteiger partial charge in [0.2, 0.25) is 0 Å². The number of piperazine rings is 1. The molecule has 0 aliphatic carbocycles. The van der Waals surface area contributed by atoms with Gasteiger partial charge in [0, 0.05) is 43.9 Å². The van der Waals surface area contributed by atoms with Crippen LogP contribution in [0.2, 0.25) is 0 Å². The van der Waals surface area contributed by atoms with Crippen molar-refractivity contribution in [2.24, 2.45) is 0 Å². The van der Waals surface area contributed by atoms with Crippen LogP contribution in [0.4, 0.5) is 10.5 Å². The lowest BCUT2D eigenvalue weighted by Gasteiger charge is -2.36. The van der Waals surface area contributed by atoms with Gasteiger partial charge in [-0.1, -0.05) is 6.07 Å². The van der Waals surface area contributed by atoms with Crippen LogP contribution < -0.4 is 19.7 Å². The molecule has 2 aromatic carbocycles. The first-order valence-electron chi connectivity index (χ1n) is 10.8. The second-order valence-corrected chi connectivity index (χ2v) is 8.00. The van der Waals surface area contributed by atoms with Crippen molar-refractivity contribution in [3.8, 4) is 11.5 Å². The van der Waals surface area contributed by atoms with Gasteiger partial charge in [-0.3, -0.25) is 4.79 Å². The minimum Gasteiger partial charge on any atom is -0.490 e. The Morgan fingerprint density at radius 2 is 1.61 bits per heavy atom. The number of hydrogen-bond donors (Lipinski definition) is 1. The highest BCUT2D eigenvalue weighted by molar-refractivity contribution is 5.94. The van der Waals surface area contributed by atoms with E-state index in [4.69, 9.17) is 9.47 Å². The predicted molar refractivity (Wildman–Crippen MR) is 119 cm³/mol. The van der Waals surface area contributed by atoms with Gasteiger partial charge < -0.3 is 24.6 Å². The van der Waals surface area contributed by atoms with Crippen LogP contribution in [0, 0.1) is 0 Å². The van der Waals surface area contributed by atoms with E-state index < -0.39 is 0 Å². The van der Waals surface area contributed by atoms with E-state index in [9.17, 15) is 9.59 Å². The van der Waals surface area contributed by atoms with E-state index in [1.54, 1.807) is 6.92 Å². The summed E-state index contributed by atoms with van der Waals surface area (Å²) >= 11 is 0. The van der Waals surface area contributed by atoms with Crippen molar-refractivity contribution in [1.29, 1.82) is 0 Å². The maximum absolute atomic E-state index is 12.8. The number of hydrogen-bond acceptors (Lipinski definition) is 5. The van der Waals surface area contributed by atoms with Gasteiger partial charge in [0.25, 0.3) is 0 Å². The van der Waals surface area contributed by atoms with Crippen LogP contribution >= 0.6 is 0 Å². The number of Topliss-reactive ketones (excluding diaryl/α,β-unsaturated/α-hetero) is 1. The highest BCUT2D eigenvalue weighted by atomic mass is 16.5. The molecule has 0 aromatic heterocycles. The molecule has 4 rings (SSSR count). The summed E-state index contributed by atoms with van der Waals surface area (Å²) in [6.07, 6.45) is 0.864. The number of amides is 2. The number of fused-ring (bicyclic) bond motifs is 1. The molecule has 7 nitrogen and oxygen atoms in total. The minimum atomic E-state index is -0.137. The van der Waals surface area contributed by atoms with Gasteiger partial charge >= 0.3 is 6.03 Å². The number of ether oxygens (including phenoxy) is 2. The zero-order chi connectivity index (χ0) is 21.8. The van der Waals surface area contributed by atoms with Crippen LogP contribution in [0.5, 0.6) is 11.5 Å². The van der Waals surface area contributed by atoms with E-state index in [0.717, 1.165) is 42.3 Å². The third-order valence-corrected chi connectivity index (χ3v) is 5.82. The van der Waals surface area contributed by atoms with Crippen molar-refractivity contribution in [2.45, 2.75) is 26.3 Å². The molecule has 2 aliphatic rings. The van der Waals surface area contributed by atoms with Crippen LogP contribution in [0.3, 0.4) is 0 Å². The van der Waals surface area contributed by atoms with Crippen molar-refractivity contribution < 1.29 is 19.1 Å². The Bertz CT molecular complexity index is 936. The fourth-order valence-electron chi connectivity index (χ4n) is 3.88. The Hall–Kier alpha value is -3.22. The van der Waals surface area contributed by atoms with E-state index in [1.165, 1.54) is 0 Å². The van der Waals surface area contributed by atoms with Crippen LogP contribution in [0.1, 0.15) is 42.2 Å². The molecule has 0 saturated carbocycles. The van der Waals surface area contributed by atoms with E-state index in [2.05, 4.69) is 10.2 Å². The molecule has 2 amide bonds. The Kier molecular flexibility index (Phi) is 6.30.